The first-order valence-electron chi connectivity index (χ1n) is 5.22. The van der Waals surface area contributed by atoms with Crippen molar-refractivity contribution >= 4 is 17.5 Å². The lowest BCUT2D eigenvalue weighted by molar-refractivity contribution is -0.136. The van der Waals surface area contributed by atoms with Crippen LogP contribution in [0.3, 0.4) is 0 Å². The molecule has 0 bridgehead atoms. The molecule has 17 heavy (non-hydrogen) atoms. The Kier molecular flexibility index (Phi) is 4.70. The van der Waals surface area contributed by atoms with Crippen LogP contribution in [0.5, 0.6) is 0 Å². The molecule has 5 heteroatoms. The molecule has 88 valence electrons. The highest BCUT2D eigenvalue weighted by molar-refractivity contribution is 6.39. The van der Waals surface area contributed by atoms with Crippen LogP contribution in [0.2, 0.25) is 0 Å². The van der Waals surface area contributed by atoms with E-state index in [1.54, 1.807) is 18.2 Å². The van der Waals surface area contributed by atoms with Crippen LogP contribution in [0.25, 0.3) is 0 Å². The molecule has 0 saturated heterocycles. The summed E-state index contributed by atoms with van der Waals surface area (Å²) in [5, 5.41) is 12.9. The zero-order valence-electron chi connectivity index (χ0n) is 9.49. The fourth-order valence-corrected chi connectivity index (χ4v) is 1.21. The number of nitriles is 1. The number of carbonyl (C=O) groups excluding carboxylic acids is 2. The van der Waals surface area contributed by atoms with Crippen molar-refractivity contribution in [3.05, 3.63) is 29.8 Å². The molecule has 2 N–H and O–H groups in total. The van der Waals surface area contributed by atoms with Gasteiger partial charge in [0.15, 0.2) is 0 Å². The Morgan fingerprint density at radius 1 is 1.24 bits per heavy atom. The number of amides is 2. The Bertz CT molecular complexity index is 446. The summed E-state index contributed by atoms with van der Waals surface area (Å²) >= 11 is 0. The minimum atomic E-state index is -0.814. The largest absolute Gasteiger partial charge is 0.335 e. The first kappa shape index (κ1) is 12.7. The van der Waals surface area contributed by atoms with Crippen LogP contribution in [0.15, 0.2) is 24.3 Å². The van der Waals surface area contributed by atoms with Gasteiger partial charge in [-0.25, -0.2) is 0 Å². The number of hydrogen-bond acceptors (Lipinski definition) is 3. The minimum absolute atomic E-state index is 0.180. The zero-order valence-corrected chi connectivity index (χ0v) is 9.49. The van der Waals surface area contributed by atoms with Crippen molar-refractivity contribution < 1.29 is 9.59 Å². The van der Waals surface area contributed by atoms with E-state index >= 15 is 0 Å². The van der Waals surface area contributed by atoms with Gasteiger partial charge in [0, 0.05) is 5.69 Å². The molecule has 1 aromatic carbocycles. The Morgan fingerprint density at radius 3 is 2.41 bits per heavy atom. The van der Waals surface area contributed by atoms with E-state index in [9.17, 15) is 9.59 Å². The fraction of sp³-hybridized carbons (Fsp3) is 0.250. The summed E-state index contributed by atoms with van der Waals surface area (Å²) < 4.78 is 0. The lowest BCUT2D eigenvalue weighted by Gasteiger charge is -2.05. The van der Waals surface area contributed by atoms with E-state index in [1.807, 2.05) is 19.1 Å². The smallest absolute Gasteiger partial charge is 0.313 e. The molecule has 1 aromatic rings. The maximum Gasteiger partial charge on any atom is 0.313 e. The predicted octanol–water partition coefficient (Wildman–Crippen LogP) is 0.827. The van der Waals surface area contributed by atoms with Gasteiger partial charge >= 0.3 is 11.8 Å². The van der Waals surface area contributed by atoms with Gasteiger partial charge in [0.2, 0.25) is 0 Å². The second-order valence-electron chi connectivity index (χ2n) is 3.35. The summed E-state index contributed by atoms with van der Waals surface area (Å²) in [6, 6.07) is 8.94. The maximum atomic E-state index is 11.3. The van der Waals surface area contributed by atoms with Crippen LogP contribution in [-0.4, -0.2) is 18.4 Å². The van der Waals surface area contributed by atoms with E-state index in [1.165, 1.54) is 0 Å². The van der Waals surface area contributed by atoms with Crippen molar-refractivity contribution in [1.82, 2.24) is 5.32 Å². The average Bonchev–Trinajstić information content (AvgIpc) is 2.36. The molecule has 0 aliphatic carbocycles. The minimum Gasteiger partial charge on any atom is -0.335 e. The molecular weight excluding hydrogens is 218 g/mol. The summed E-state index contributed by atoms with van der Waals surface area (Å²) in [6.45, 7) is 1.85. The van der Waals surface area contributed by atoms with Gasteiger partial charge in [-0.05, 0) is 24.1 Å². The van der Waals surface area contributed by atoms with Crippen molar-refractivity contribution in [3.63, 3.8) is 0 Å². The summed E-state index contributed by atoms with van der Waals surface area (Å²) in [7, 11) is 0. The Morgan fingerprint density at radius 2 is 1.88 bits per heavy atom. The van der Waals surface area contributed by atoms with E-state index in [-0.39, 0.29) is 6.54 Å². The Balaban J connectivity index is 2.56. The monoisotopic (exact) mass is 231 g/mol. The number of aryl methyl sites for hydroxylation is 1. The van der Waals surface area contributed by atoms with E-state index in [0.717, 1.165) is 12.0 Å². The highest BCUT2D eigenvalue weighted by atomic mass is 16.2. The molecule has 1 rings (SSSR count). The van der Waals surface area contributed by atoms with Gasteiger partial charge < -0.3 is 10.6 Å². The maximum absolute atomic E-state index is 11.3. The van der Waals surface area contributed by atoms with E-state index in [4.69, 9.17) is 5.26 Å². The summed E-state index contributed by atoms with van der Waals surface area (Å²) in [4.78, 5) is 22.5. The summed E-state index contributed by atoms with van der Waals surface area (Å²) in [5.74, 6) is -1.59. The second-order valence-corrected chi connectivity index (χ2v) is 3.35. The Hall–Kier alpha value is -2.35. The number of carbonyl (C=O) groups is 2. The van der Waals surface area contributed by atoms with E-state index in [2.05, 4.69) is 10.6 Å². The molecule has 0 aliphatic heterocycles. The molecule has 0 heterocycles. The molecule has 5 nitrogen and oxygen atoms in total. The van der Waals surface area contributed by atoms with Crippen molar-refractivity contribution in [2.75, 3.05) is 11.9 Å². The number of hydrogen-bond donors (Lipinski definition) is 2. The molecule has 0 aromatic heterocycles. The lowest BCUT2D eigenvalue weighted by Crippen LogP contribution is -2.35. The highest BCUT2D eigenvalue weighted by Gasteiger charge is 2.12. The van der Waals surface area contributed by atoms with Crippen LogP contribution in [0.1, 0.15) is 12.5 Å². The topological polar surface area (TPSA) is 82.0 Å². The predicted molar refractivity (Wildman–Crippen MR) is 63.1 cm³/mol. The molecule has 2 amide bonds. The summed E-state index contributed by atoms with van der Waals surface area (Å²) in [6.07, 6.45) is 0.914. The van der Waals surface area contributed by atoms with Crippen molar-refractivity contribution in [3.8, 4) is 6.07 Å². The van der Waals surface area contributed by atoms with Gasteiger partial charge in [-0.15, -0.1) is 0 Å². The zero-order chi connectivity index (χ0) is 12.7. The molecule has 0 saturated carbocycles. The van der Waals surface area contributed by atoms with Crippen LogP contribution >= 0.6 is 0 Å². The van der Waals surface area contributed by atoms with Gasteiger partial charge in [-0.3, -0.25) is 9.59 Å². The number of rotatable bonds is 3. The van der Waals surface area contributed by atoms with Gasteiger partial charge in [-0.1, -0.05) is 19.1 Å². The second kappa shape index (κ2) is 6.28. The van der Waals surface area contributed by atoms with Crippen molar-refractivity contribution in [2.24, 2.45) is 0 Å². The van der Waals surface area contributed by atoms with Gasteiger partial charge in [0.05, 0.1) is 6.07 Å². The third kappa shape index (κ3) is 3.95. The molecule has 0 atom stereocenters. The Labute approximate surface area is 99.4 Å². The van der Waals surface area contributed by atoms with Crippen molar-refractivity contribution in [1.29, 1.82) is 5.26 Å². The number of nitrogens with zero attached hydrogens (tertiary/aromatic N) is 1. The number of nitrogens with one attached hydrogen (secondary N) is 2. The normalized spacial score (nSPS) is 9.18. The molecular formula is C12H13N3O2. The fourth-order valence-electron chi connectivity index (χ4n) is 1.21. The van der Waals surface area contributed by atoms with Gasteiger partial charge in [0.1, 0.15) is 6.54 Å². The quantitative estimate of drug-likeness (QED) is 0.597. The van der Waals surface area contributed by atoms with Crippen LogP contribution in [0.4, 0.5) is 5.69 Å². The van der Waals surface area contributed by atoms with Crippen molar-refractivity contribution in [2.45, 2.75) is 13.3 Å². The molecule has 0 radical (unpaired) electrons. The van der Waals surface area contributed by atoms with E-state index < -0.39 is 11.8 Å². The SMILES string of the molecule is CCc1ccc(NC(=O)C(=O)NCC#N)cc1. The lowest BCUT2D eigenvalue weighted by atomic mass is 10.1. The third-order valence-electron chi connectivity index (χ3n) is 2.15. The molecule has 0 aliphatic rings. The van der Waals surface area contributed by atoms with Crippen LogP contribution in [-0.2, 0) is 16.0 Å². The highest BCUT2D eigenvalue weighted by Crippen LogP contribution is 2.09. The average molecular weight is 231 g/mol. The van der Waals surface area contributed by atoms with E-state index in [0.29, 0.717) is 5.69 Å². The number of anilines is 1. The van der Waals surface area contributed by atoms with Gasteiger partial charge in [0.25, 0.3) is 0 Å². The standard InChI is InChI=1S/C12H13N3O2/c1-2-9-3-5-10(6-4-9)15-12(17)11(16)14-8-7-13/h3-6H,2,8H2,1H3,(H,14,16)(H,15,17). The molecule has 0 spiro atoms. The molecule has 0 unspecified atom stereocenters. The van der Waals surface area contributed by atoms with Gasteiger partial charge in [-0.2, -0.15) is 5.26 Å². The van der Waals surface area contributed by atoms with Crippen LogP contribution in [0, 0.1) is 11.3 Å². The number of benzene rings is 1. The molecule has 0 fully saturated rings. The third-order valence-corrected chi connectivity index (χ3v) is 2.15. The summed E-state index contributed by atoms with van der Waals surface area (Å²) in [5.41, 5.74) is 1.70. The van der Waals surface area contributed by atoms with Crippen LogP contribution < -0.4 is 10.6 Å². The first-order valence-corrected chi connectivity index (χ1v) is 5.22. The first-order chi connectivity index (χ1) is 8.17.